The molecule has 0 rings (SSSR count). The van der Waals surface area contributed by atoms with Crippen LogP contribution in [0, 0.1) is 0 Å². The summed E-state index contributed by atoms with van der Waals surface area (Å²) in [6.07, 6.45) is 0. The van der Waals surface area contributed by atoms with Gasteiger partial charge in [-0.1, -0.05) is 0 Å². The number of rotatable bonds is 1. The summed E-state index contributed by atoms with van der Waals surface area (Å²) in [7, 11) is 0. The molecule has 0 spiro atoms. The Morgan fingerprint density at radius 1 is 1.43 bits per heavy atom. The maximum atomic E-state index is 3.12. The minimum atomic E-state index is 0. The van der Waals surface area contributed by atoms with Crippen LogP contribution in [0.15, 0.2) is 0 Å². The van der Waals surface area contributed by atoms with Crippen LogP contribution in [-0.2, 0) is 0 Å². The van der Waals surface area contributed by atoms with Crippen LogP contribution in [0.2, 0.25) is 0 Å². The van der Waals surface area contributed by atoms with Crippen molar-refractivity contribution in [3.63, 3.8) is 0 Å². The van der Waals surface area contributed by atoms with Gasteiger partial charge in [0.05, 0.1) is 0 Å². The Morgan fingerprint density at radius 3 is 1.86 bits per heavy atom. The maximum absolute atomic E-state index is 3.12. The van der Waals surface area contributed by atoms with Gasteiger partial charge in [0.15, 0.2) is 0 Å². The van der Waals surface area contributed by atoms with Crippen molar-refractivity contribution in [1.29, 1.82) is 0 Å². The second-order valence-electron chi connectivity index (χ2n) is 1.53. The van der Waals surface area contributed by atoms with Crippen LogP contribution >= 0.6 is 0 Å². The Bertz CT molecular complexity index is 55.1. The van der Waals surface area contributed by atoms with Gasteiger partial charge in [0, 0.05) is 13.8 Å². The van der Waals surface area contributed by atoms with Crippen LogP contribution < -0.4 is 29.0 Å². The van der Waals surface area contributed by atoms with Gasteiger partial charge < -0.3 is 24.0 Å². The van der Waals surface area contributed by atoms with Crippen LogP contribution in [-0.4, -0.2) is 12.3 Å². The first-order valence-corrected chi connectivity index (χ1v) is 2.31. The van der Waals surface area contributed by atoms with Gasteiger partial charge in [-0.3, -0.25) is 0 Å². The third kappa shape index (κ3) is 10.7. The first-order chi connectivity index (χ1) is 2.77. The molecule has 7 heavy (non-hydrogen) atoms. The zero-order valence-corrected chi connectivity index (χ0v) is 7.24. The highest BCUT2D eigenvalue weighted by Gasteiger charge is 1.76. The zero-order chi connectivity index (χ0) is 4.99. The van der Waals surface area contributed by atoms with Crippen molar-refractivity contribution in [3.05, 3.63) is 0 Å². The van der Waals surface area contributed by atoms with E-state index in [1.165, 1.54) is 5.71 Å². The maximum Gasteiger partial charge on any atom is 0.144 e. The fourth-order valence-electron chi connectivity index (χ4n) is 0.354. The smallest absolute Gasteiger partial charge is 0.144 e. The summed E-state index contributed by atoms with van der Waals surface area (Å²) in [5, 5.41) is 0. The van der Waals surface area contributed by atoms with Gasteiger partial charge in [-0.2, -0.15) is 0 Å². The van der Waals surface area contributed by atoms with Crippen LogP contribution in [0.1, 0.15) is 20.8 Å². The van der Waals surface area contributed by atoms with E-state index in [4.69, 9.17) is 0 Å². The fourth-order valence-corrected chi connectivity index (χ4v) is 0.354. The fraction of sp³-hybridized carbons (Fsp3) is 0.800. The summed E-state index contributed by atoms with van der Waals surface area (Å²) in [5.41, 5.74) is 1.29. The second kappa shape index (κ2) is 6.40. The van der Waals surface area contributed by atoms with Gasteiger partial charge in [0.25, 0.3) is 0 Å². The lowest BCUT2D eigenvalue weighted by atomic mass is 10.5. The number of hydrogen-bond acceptors (Lipinski definition) is 0. The zero-order valence-electron chi connectivity index (χ0n) is 5.09. The Labute approximate surface area is 62.2 Å². The van der Waals surface area contributed by atoms with Crippen LogP contribution in [0.5, 0.6) is 0 Å². The molecule has 0 aromatic heterocycles. The number of nitrogens with one attached hydrogen (secondary N) is 1. The van der Waals surface area contributed by atoms with Gasteiger partial charge in [-0.25, -0.2) is 4.99 Å². The van der Waals surface area contributed by atoms with Crippen LogP contribution in [0.3, 0.4) is 0 Å². The van der Waals surface area contributed by atoms with E-state index < -0.39 is 0 Å². The van der Waals surface area contributed by atoms with E-state index in [0.29, 0.717) is 0 Å². The minimum absolute atomic E-state index is 0. The third-order valence-electron chi connectivity index (χ3n) is 0.530. The van der Waals surface area contributed by atoms with E-state index >= 15 is 0 Å². The van der Waals surface area contributed by atoms with E-state index in [0.717, 1.165) is 6.54 Å². The molecule has 0 atom stereocenters. The highest BCUT2D eigenvalue weighted by Crippen LogP contribution is 1.46. The molecule has 0 aliphatic rings. The van der Waals surface area contributed by atoms with Gasteiger partial charge >= 0.3 is 0 Å². The van der Waals surface area contributed by atoms with Crippen molar-refractivity contribution < 1.29 is 29.0 Å². The molecule has 0 fully saturated rings. The molecule has 0 unspecified atom stereocenters. The molecule has 0 saturated carbocycles. The lowest BCUT2D eigenvalue weighted by Gasteiger charge is -1.72. The summed E-state index contributed by atoms with van der Waals surface area (Å²) in [4.78, 5) is 3.12. The van der Waals surface area contributed by atoms with Crippen molar-refractivity contribution in [1.82, 2.24) is 0 Å². The summed E-state index contributed by atoms with van der Waals surface area (Å²) < 4.78 is 0. The average Bonchev–Trinajstić information content (AvgIpc) is 1.35. The summed E-state index contributed by atoms with van der Waals surface area (Å²) in [6, 6.07) is 0. The molecule has 0 aliphatic heterocycles. The molecule has 44 valence electrons. The van der Waals surface area contributed by atoms with E-state index in [1.807, 2.05) is 0 Å². The molecule has 0 bridgehead atoms. The molecule has 0 aromatic carbocycles. The molecule has 0 aromatic rings. The normalized spacial score (nSPS) is 6.71. The van der Waals surface area contributed by atoms with Crippen LogP contribution in [0.25, 0.3) is 0 Å². The quantitative estimate of drug-likeness (QED) is 0.344. The minimum Gasteiger partial charge on any atom is -1.00 e. The van der Waals surface area contributed by atoms with Crippen molar-refractivity contribution in [3.8, 4) is 0 Å². The molecule has 0 saturated heterocycles. The predicted molar refractivity (Wildman–Crippen MR) is 27.9 cm³/mol. The molecule has 2 heteroatoms. The Hall–Kier alpha value is 0.400. The third-order valence-corrected chi connectivity index (χ3v) is 0.530. The summed E-state index contributed by atoms with van der Waals surface area (Å²) in [5.74, 6) is 0. The van der Waals surface area contributed by atoms with Gasteiger partial charge in [0.2, 0.25) is 0 Å². The monoisotopic (exact) mass is 213 g/mol. The number of hydrogen-bond donors (Lipinski definition) is 1. The topological polar surface area (TPSA) is 14.0 Å². The van der Waals surface area contributed by atoms with Gasteiger partial charge in [-0.05, 0) is 6.92 Å². The van der Waals surface area contributed by atoms with E-state index in [1.54, 1.807) is 0 Å². The molecular formula is C5H12IN. The van der Waals surface area contributed by atoms with Crippen molar-refractivity contribution in [2.75, 3.05) is 6.54 Å². The van der Waals surface area contributed by atoms with Crippen molar-refractivity contribution in [2.24, 2.45) is 0 Å². The van der Waals surface area contributed by atoms with Crippen molar-refractivity contribution >= 4 is 5.71 Å². The summed E-state index contributed by atoms with van der Waals surface area (Å²) >= 11 is 0. The molecule has 0 heterocycles. The highest BCUT2D eigenvalue weighted by atomic mass is 127. The van der Waals surface area contributed by atoms with E-state index in [-0.39, 0.29) is 24.0 Å². The second-order valence-corrected chi connectivity index (χ2v) is 1.53. The Morgan fingerprint density at radius 2 is 1.86 bits per heavy atom. The van der Waals surface area contributed by atoms with Crippen LogP contribution in [0.4, 0.5) is 0 Å². The standard InChI is InChI=1S/C5H11N.HI/c1-4-6-5(2)3;/h4H2,1-3H3;1H. The molecule has 0 radical (unpaired) electrons. The first kappa shape index (κ1) is 10.4. The number of halogens is 1. The average molecular weight is 213 g/mol. The summed E-state index contributed by atoms with van der Waals surface area (Å²) in [6.45, 7) is 7.25. The molecular weight excluding hydrogens is 201 g/mol. The largest absolute Gasteiger partial charge is 1.00 e. The van der Waals surface area contributed by atoms with E-state index in [9.17, 15) is 0 Å². The molecule has 0 amide bonds. The first-order valence-electron chi connectivity index (χ1n) is 2.31. The Balaban J connectivity index is 0. The van der Waals surface area contributed by atoms with E-state index in [2.05, 4.69) is 25.8 Å². The van der Waals surface area contributed by atoms with Crippen molar-refractivity contribution in [2.45, 2.75) is 20.8 Å². The lowest BCUT2D eigenvalue weighted by Crippen LogP contribution is -3.00. The molecule has 0 aliphatic carbocycles. The SMILES string of the molecule is CC[NH+]=C(C)C.[I-]. The molecule has 1 nitrogen and oxygen atoms in total. The molecule has 1 N–H and O–H groups in total. The highest BCUT2D eigenvalue weighted by molar-refractivity contribution is 5.72. The predicted octanol–water partition coefficient (Wildman–Crippen LogP) is -3.43. The van der Waals surface area contributed by atoms with Gasteiger partial charge in [-0.15, -0.1) is 0 Å². The Kier molecular flexibility index (Phi) is 9.50. The van der Waals surface area contributed by atoms with Gasteiger partial charge in [0.1, 0.15) is 12.3 Å². The lowest BCUT2D eigenvalue weighted by molar-refractivity contribution is -0.453.